The maximum Gasteiger partial charge on any atom is 0.309 e. The molecule has 0 unspecified atom stereocenters. The number of aliphatic hydroxyl groups excluding tert-OH is 1. The Balaban J connectivity index is 1.13. The normalized spacial score (nSPS) is 15.0. The fraction of sp³-hybridized carbons (Fsp3) is 0.407. The van der Waals surface area contributed by atoms with Gasteiger partial charge in [-0.2, -0.15) is 9.50 Å². The second-order valence-corrected chi connectivity index (χ2v) is 11.9. The number of benzene rings is 1. The van der Waals surface area contributed by atoms with E-state index in [1.807, 2.05) is 4.90 Å². The van der Waals surface area contributed by atoms with Crippen molar-refractivity contribution < 1.29 is 27.6 Å². The number of hydrogen-bond donors (Lipinski definition) is 3. The zero-order chi connectivity index (χ0) is 30.8. The summed E-state index contributed by atoms with van der Waals surface area (Å²) in [5, 5.41) is 13.7. The molecule has 0 saturated carbocycles. The zero-order valence-corrected chi connectivity index (χ0v) is 25.1. The van der Waals surface area contributed by atoms with Gasteiger partial charge in [0.05, 0.1) is 12.0 Å². The highest BCUT2D eigenvalue weighted by molar-refractivity contribution is 7.93. The van der Waals surface area contributed by atoms with Crippen molar-refractivity contribution in [3.05, 3.63) is 51.8 Å². The highest BCUT2D eigenvalue weighted by Crippen LogP contribution is 2.31. The van der Waals surface area contributed by atoms with E-state index in [2.05, 4.69) is 20.0 Å². The molecule has 17 heteroatoms. The van der Waals surface area contributed by atoms with Crippen molar-refractivity contribution in [3.63, 3.8) is 0 Å². The Kier molecular flexibility index (Phi) is 8.99. The number of fused-ring (bicyclic) bond motifs is 3. The molecular formula is C27H30F2N8O5S2. The molecule has 0 bridgehead atoms. The highest BCUT2D eigenvalue weighted by atomic mass is 32.2. The third kappa shape index (κ3) is 6.10. The number of anilines is 2. The van der Waals surface area contributed by atoms with Crippen LogP contribution in [0.3, 0.4) is 0 Å². The van der Waals surface area contributed by atoms with Gasteiger partial charge in [-0.15, -0.1) is 5.10 Å². The van der Waals surface area contributed by atoms with Gasteiger partial charge in [0.25, 0.3) is 0 Å². The van der Waals surface area contributed by atoms with Gasteiger partial charge in [-0.25, -0.2) is 13.8 Å². The quantitative estimate of drug-likeness (QED) is 0.170. The molecule has 1 atom stereocenters. The molecule has 5 aromatic rings. The molecule has 13 nitrogen and oxygen atoms in total. The number of nitrogens with two attached hydrogens (primary N) is 1. The van der Waals surface area contributed by atoms with Crippen LogP contribution in [0, 0.1) is 11.6 Å². The lowest BCUT2D eigenvalue weighted by molar-refractivity contribution is 0.146. The maximum absolute atomic E-state index is 14.9. The molecule has 0 aliphatic carbocycles. The number of nitrogen functional groups attached to an aromatic ring is 1. The van der Waals surface area contributed by atoms with E-state index in [-0.39, 0.29) is 35.3 Å². The second kappa shape index (κ2) is 13.1. The molecule has 1 aromatic carbocycles. The number of furan rings is 1. The van der Waals surface area contributed by atoms with Crippen LogP contribution in [0.4, 0.5) is 20.4 Å². The smallest absolute Gasteiger partial charge is 0.309 e. The first-order valence-electron chi connectivity index (χ1n) is 14.0. The first-order chi connectivity index (χ1) is 21.4. The molecule has 4 aromatic heterocycles. The number of thiazole rings is 1. The number of hydrogen-bond acceptors (Lipinski definition) is 13. The molecule has 4 N–H and O–H groups in total. The van der Waals surface area contributed by atoms with E-state index in [0.29, 0.717) is 91.1 Å². The van der Waals surface area contributed by atoms with Crippen LogP contribution >= 0.6 is 23.4 Å². The summed E-state index contributed by atoms with van der Waals surface area (Å²) in [5.41, 5.74) is 7.26. The number of aromatic nitrogens is 5. The van der Waals surface area contributed by atoms with Crippen LogP contribution in [-0.2, 0) is 6.54 Å². The van der Waals surface area contributed by atoms with Crippen molar-refractivity contribution in [1.29, 1.82) is 0 Å². The van der Waals surface area contributed by atoms with Gasteiger partial charge in [0.1, 0.15) is 16.6 Å². The highest BCUT2D eigenvalue weighted by Gasteiger charge is 2.24. The third-order valence-corrected chi connectivity index (χ3v) is 8.87. The molecule has 6 rings (SSSR count). The summed E-state index contributed by atoms with van der Waals surface area (Å²) in [6.45, 7) is 2.87. The Hall–Kier alpha value is -3.77. The predicted octanol–water partition coefficient (Wildman–Crippen LogP) is 3.17. The monoisotopic (exact) mass is 648 g/mol. The summed E-state index contributed by atoms with van der Waals surface area (Å²) in [4.78, 5) is 25.8. The first-order valence-corrected chi connectivity index (χ1v) is 15.7. The topological polar surface area (TPSA) is 160 Å². The average molecular weight is 649 g/mol. The van der Waals surface area contributed by atoms with E-state index in [9.17, 15) is 18.7 Å². The summed E-state index contributed by atoms with van der Waals surface area (Å²) in [7, 11) is 0. The van der Waals surface area contributed by atoms with Gasteiger partial charge in [-0.05, 0) is 30.6 Å². The number of aliphatic hydroxyl groups is 1. The molecule has 0 amide bonds. The molecular weight excluding hydrogens is 618 g/mol. The van der Waals surface area contributed by atoms with E-state index in [1.165, 1.54) is 16.8 Å². The number of rotatable bonds is 12. The predicted molar refractivity (Wildman–Crippen MR) is 163 cm³/mol. The summed E-state index contributed by atoms with van der Waals surface area (Å²) < 4.78 is 53.2. The average Bonchev–Trinajstić information content (AvgIpc) is 3.76. The van der Waals surface area contributed by atoms with E-state index in [0.717, 1.165) is 17.4 Å². The van der Waals surface area contributed by atoms with Gasteiger partial charge < -0.3 is 29.4 Å². The lowest BCUT2D eigenvalue weighted by atomic mass is 10.2. The van der Waals surface area contributed by atoms with Gasteiger partial charge in [0.2, 0.25) is 11.8 Å². The Morgan fingerprint density at radius 2 is 1.93 bits per heavy atom. The van der Waals surface area contributed by atoms with Crippen molar-refractivity contribution in [2.45, 2.75) is 25.5 Å². The molecule has 234 valence electrons. The minimum absolute atomic E-state index is 0.0950. The van der Waals surface area contributed by atoms with Gasteiger partial charge in [-0.3, -0.25) is 14.3 Å². The SMILES string of the molecule is Nc1nc2c(sc(=O)n2CCN2CCN(c3cc(O[C@H](CCO)CCSO)c(F)cc3F)CC2)c2nc(-c3ccco3)nn12. The van der Waals surface area contributed by atoms with E-state index >= 15 is 0 Å². The molecule has 1 aliphatic heterocycles. The van der Waals surface area contributed by atoms with Crippen molar-refractivity contribution in [1.82, 2.24) is 29.0 Å². The fourth-order valence-corrected chi connectivity index (χ4v) is 6.51. The van der Waals surface area contributed by atoms with Crippen LogP contribution in [0.25, 0.3) is 27.6 Å². The van der Waals surface area contributed by atoms with Gasteiger partial charge in [-0.1, -0.05) is 11.3 Å². The molecule has 0 radical (unpaired) electrons. The largest absolute Gasteiger partial charge is 0.487 e. The summed E-state index contributed by atoms with van der Waals surface area (Å²) in [5.74, 6) is -0.355. The minimum atomic E-state index is -0.826. The van der Waals surface area contributed by atoms with Gasteiger partial charge >= 0.3 is 4.87 Å². The van der Waals surface area contributed by atoms with Crippen LogP contribution in [-0.4, -0.2) is 89.9 Å². The van der Waals surface area contributed by atoms with Gasteiger partial charge in [0.15, 0.2) is 28.6 Å². The lowest BCUT2D eigenvalue weighted by Gasteiger charge is -2.36. The van der Waals surface area contributed by atoms with Crippen molar-refractivity contribution in [3.8, 4) is 17.3 Å². The Morgan fingerprint density at radius 3 is 2.66 bits per heavy atom. The standard InChI is InChI=1S/C27H30F2N8O5S2/c28-17-14-18(29)21(42-16(3-11-38)4-13-43-40)15-19(17)35-8-5-34(6-9-35)7-10-36-24-22(44-27(36)39)25-31-23(20-2-1-12-41-20)33-37(25)26(30)32-24/h1-2,12,14-16,38,40H,3-11,13H2,(H2,30,32)/t16-/m1/s1. The summed E-state index contributed by atoms with van der Waals surface area (Å²) in [6, 6.07) is 5.62. The molecule has 5 heterocycles. The van der Waals surface area contributed by atoms with Crippen LogP contribution < -0.4 is 20.2 Å². The number of nitrogens with zero attached hydrogens (tertiary/aromatic N) is 7. The molecule has 1 saturated heterocycles. The molecule has 1 aliphatic rings. The van der Waals surface area contributed by atoms with E-state index in [4.69, 9.17) is 19.4 Å². The Bertz CT molecular complexity index is 1800. The van der Waals surface area contributed by atoms with Crippen LogP contribution in [0.2, 0.25) is 0 Å². The number of halogens is 2. The van der Waals surface area contributed by atoms with Crippen LogP contribution in [0.5, 0.6) is 5.75 Å². The molecule has 0 spiro atoms. The van der Waals surface area contributed by atoms with Crippen molar-refractivity contribution in [2.24, 2.45) is 0 Å². The molecule has 1 fully saturated rings. The van der Waals surface area contributed by atoms with E-state index < -0.39 is 17.7 Å². The van der Waals surface area contributed by atoms with Crippen molar-refractivity contribution in [2.75, 3.05) is 55.7 Å². The molecule has 44 heavy (non-hydrogen) atoms. The van der Waals surface area contributed by atoms with Gasteiger partial charge in [0, 0.05) is 70.2 Å². The summed E-state index contributed by atoms with van der Waals surface area (Å²) in [6.07, 6.45) is 1.65. The third-order valence-electron chi connectivity index (χ3n) is 7.49. The number of piperazine rings is 1. The fourth-order valence-electron chi connectivity index (χ4n) is 5.21. The Morgan fingerprint density at radius 1 is 1.11 bits per heavy atom. The maximum atomic E-state index is 14.9. The first kappa shape index (κ1) is 30.3. The van der Waals surface area contributed by atoms with Crippen molar-refractivity contribution >= 4 is 51.0 Å². The lowest BCUT2D eigenvalue weighted by Crippen LogP contribution is -2.47. The zero-order valence-electron chi connectivity index (χ0n) is 23.4. The number of ether oxygens (including phenoxy) is 1. The van der Waals surface area contributed by atoms with Crippen LogP contribution in [0.1, 0.15) is 12.8 Å². The second-order valence-electron chi connectivity index (χ2n) is 10.2. The Labute approximate surface area is 257 Å². The summed E-state index contributed by atoms with van der Waals surface area (Å²) >= 11 is 1.66. The van der Waals surface area contributed by atoms with E-state index in [1.54, 1.807) is 16.7 Å². The minimum Gasteiger partial charge on any atom is -0.487 e. The van der Waals surface area contributed by atoms with Crippen LogP contribution in [0.15, 0.2) is 39.7 Å².